The second-order valence-corrected chi connectivity index (χ2v) is 8.36. The highest BCUT2D eigenvalue weighted by Gasteiger charge is 2.28. The van der Waals surface area contributed by atoms with Gasteiger partial charge in [-0.2, -0.15) is 0 Å². The third kappa shape index (κ3) is 10.1. The summed E-state index contributed by atoms with van der Waals surface area (Å²) in [6.45, 7) is 19.4. The number of esters is 2. The van der Waals surface area contributed by atoms with Crippen molar-refractivity contribution in [2.24, 2.45) is 11.8 Å². The number of ether oxygens (including phenoxy) is 2. The lowest BCUT2D eigenvalue weighted by Crippen LogP contribution is -2.32. The fraction of sp³-hybridized carbons (Fsp3) is 0.789. The zero-order valence-corrected chi connectivity index (χ0v) is 16.1. The quantitative estimate of drug-likeness (QED) is 0.456. The van der Waals surface area contributed by atoms with E-state index in [9.17, 15) is 9.59 Å². The van der Waals surface area contributed by atoms with Gasteiger partial charge in [-0.25, -0.2) is 4.79 Å². The van der Waals surface area contributed by atoms with Crippen LogP contribution in [-0.2, 0) is 19.1 Å². The molecule has 0 rings (SSSR count). The van der Waals surface area contributed by atoms with Crippen LogP contribution in [-0.4, -0.2) is 23.1 Å². The van der Waals surface area contributed by atoms with Crippen LogP contribution in [0.4, 0.5) is 0 Å². The maximum Gasteiger partial charge on any atom is 0.334 e. The minimum absolute atomic E-state index is 0.132. The minimum Gasteiger partial charge on any atom is -0.459 e. The van der Waals surface area contributed by atoms with Gasteiger partial charge in [0.15, 0.2) is 0 Å². The Balaban J connectivity index is 4.53. The summed E-state index contributed by atoms with van der Waals surface area (Å²) in [5, 5.41) is 0. The standard InChI is InChI=1S/C19H34O4/c1-13(2)11-18(6,7)22-16(20)10-15(5)17(21)23-19(8,9)12-14(3)4/h13-14H,5,10-12H2,1-4,6-9H3. The highest BCUT2D eigenvalue weighted by molar-refractivity contribution is 5.93. The van der Waals surface area contributed by atoms with Crippen LogP contribution >= 0.6 is 0 Å². The lowest BCUT2D eigenvalue weighted by Gasteiger charge is -2.28. The Morgan fingerprint density at radius 2 is 1.26 bits per heavy atom. The molecular formula is C19H34O4. The monoisotopic (exact) mass is 326 g/mol. The molecule has 23 heavy (non-hydrogen) atoms. The van der Waals surface area contributed by atoms with Crippen molar-refractivity contribution in [2.45, 2.75) is 85.9 Å². The Morgan fingerprint density at radius 3 is 1.65 bits per heavy atom. The van der Waals surface area contributed by atoms with Crippen molar-refractivity contribution in [3.05, 3.63) is 12.2 Å². The Labute approximate surface area is 141 Å². The van der Waals surface area contributed by atoms with Crippen molar-refractivity contribution in [3.63, 3.8) is 0 Å². The van der Waals surface area contributed by atoms with E-state index in [-0.39, 0.29) is 12.0 Å². The minimum atomic E-state index is -0.574. The van der Waals surface area contributed by atoms with E-state index in [2.05, 4.69) is 34.3 Å². The fourth-order valence-electron chi connectivity index (χ4n) is 2.96. The zero-order valence-electron chi connectivity index (χ0n) is 16.1. The van der Waals surface area contributed by atoms with Crippen molar-refractivity contribution in [1.82, 2.24) is 0 Å². The van der Waals surface area contributed by atoms with Crippen molar-refractivity contribution in [2.75, 3.05) is 0 Å². The average Bonchev–Trinajstić information content (AvgIpc) is 2.22. The van der Waals surface area contributed by atoms with E-state index in [1.807, 2.05) is 27.7 Å². The van der Waals surface area contributed by atoms with Gasteiger partial charge in [0.25, 0.3) is 0 Å². The molecule has 0 aliphatic rings. The molecule has 0 aliphatic carbocycles. The van der Waals surface area contributed by atoms with Crippen LogP contribution in [0.5, 0.6) is 0 Å². The Hall–Kier alpha value is -1.32. The molecule has 0 N–H and O–H groups in total. The van der Waals surface area contributed by atoms with E-state index in [1.54, 1.807) is 0 Å². The van der Waals surface area contributed by atoms with Crippen LogP contribution in [0.2, 0.25) is 0 Å². The van der Waals surface area contributed by atoms with Crippen molar-refractivity contribution in [1.29, 1.82) is 0 Å². The van der Waals surface area contributed by atoms with Gasteiger partial charge in [0.05, 0.1) is 6.42 Å². The predicted molar refractivity (Wildman–Crippen MR) is 93.0 cm³/mol. The Morgan fingerprint density at radius 1 is 0.870 bits per heavy atom. The molecule has 0 spiro atoms. The van der Waals surface area contributed by atoms with Crippen LogP contribution in [0.15, 0.2) is 12.2 Å². The second kappa shape index (κ2) is 8.51. The van der Waals surface area contributed by atoms with Crippen molar-refractivity contribution < 1.29 is 19.1 Å². The second-order valence-electron chi connectivity index (χ2n) is 8.36. The first-order valence-electron chi connectivity index (χ1n) is 8.37. The number of hydrogen-bond donors (Lipinski definition) is 0. The summed E-state index contributed by atoms with van der Waals surface area (Å²) >= 11 is 0. The van der Waals surface area contributed by atoms with E-state index < -0.39 is 23.1 Å². The summed E-state index contributed by atoms with van der Waals surface area (Å²) in [6.07, 6.45) is 1.37. The summed E-state index contributed by atoms with van der Waals surface area (Å²) in [5.41, 5.74) is -0.992. The largest absolute Gasteiger partial charge is 0.459 e. The lowest BCUT2D eigenvalue weighted by atomic mass is 9.96. The average molecular weight is 326 g/mol. The molecular weight excluding hydrogens is 292 g/mol. The third-order valence-corrected chi connectivity index (χ3v) is 3.21. The van der Waals surface area contributed by atoms with Gasteiger partial charge < -0.3 is 9.47 Å². The molecule has 0 aromatic carbocycles. The van der Waals surface area contributed by atoms with Gasteiger partial charge in [-0.1, -0.05) is 34.3 Å². The summed E-state index contributed by atoms with van der Waals surface area (Å²) in [4.78, 5) is 24.1. The fourth-order valence-corrected chi connectivity index (χ4v) is 2.96. The molecule has 0 bridgehead atoms. The molecule has 0 unspecified atom stereocenters. The number of carbonyl (C=O) groups is 2. The molecule has 4 nitrogen and oxygen atoms in total. The highest BCUT2D eigenvalue weighted by Crippen LogP contribution is 2.24. The zero-order chi connectivity index (χ0) is 18.4. The van der Waals surface area contributed by atoms with Crippen LogP contribution in [0.25, 0.3) is 0 Å². The van der Waals surface area contributed by atoms with Crippen molar-refractivity contribution in [3.8, 4) is 0 Å². The molecule has 0 saturated carbocycles. The van der Waals surface area contributed by atoms with E-state index in [1.165, 1.54) is 0 Å². The molecule has 0 atom stereocenters. The topological polar surface area (TPSA) is 52.6 Å². The Bertz CT molecular complexity index is 431. The molecule has 0 fully saturated rings. The van der Waals surface area contributed by atoms with Crippen LogP contribution in [0.1, 0.15) is 74.7 Å². The molecule has 0 aliphatic heterocycles. The SMILES string of the molecule is C=C(CC(=O)OC(C)(C)CC(C)C)C(=O)OC(C)(C)CC(C)C. The van der Waals surface area contributed by atoms with Crippen LogP contribution in [0.3, 0.4) is 0 Å². The lowest BCUT2D eigenvalue weighted by molar-refractivity contribution is -0.160. The van der Waals surface area contributed by atoms with Crippen LogP contribution < -0.4 is 0 Å². The van der Waals surface area contributed by atoms with Gasteiger partial charge in [0.1, 0.15) is 11.2 Å². The van der Waals surface area contributed by atoms with E-state index >= 15 is 0 Å². The normalized spacial score (nSPS) is 12.4. The van der Waals surface area contributed by atoms with Crippen LogP contribution in [0, 0.1) is 11.8 Å². The van der Waals surface area contributed by atoms with Gasteiger partial charge in [0.2, 0.25) is 0 Å². The number of carbonyl (C=O) groups excluding carboxylic acids is 2. The van der Waals surface area contributed by atoms with Gasteiger partial charge in [-0.15, -0.1) is 0 Å². The molecule has 0 amide bonds. The maximum absolute atomic E-state index is 12.1. The molecule has 0 saturated heterocycles. The molecule has 0 aromatic heterocycles. The van der Waals surface area contributed by atoms with E-state index in [0.717, 1.165) is 12.8 Å². The number of rotatable bonds is 9. The van der Waals surface area contributed by atoms with Gasteiger partial charge >= 0.3 is 11.9 Å². The van der Waals surface area contributed by atoms with Gasteiger partial charge in [-0.05, 0) is 52.4 Å². The number of hydrogen-bond acceptors (Lipinski definition) is 4. The summed E-state index contributed by atoms with van der Waals surface area (Å²) in [7, 11) is 0. The molecule has 0 aromatic rings. The Kier molecular flexibility index (Phi) is 8.02. The van der Waals surface area contributed by atoms with Gasteiger partial charge in [0, 0.05) is 5.57 Å². The first-order chi connectivity index (χ1) is 10.2. The van der Waals surface area contributed by atoms with Gasteiger partial charge in [-0.3, -0.25) is 4.79 Å². The first kappa shape index (κ1) is 21.7. The smallest absolute Gasteiger partial charge is 0.334 e. The summed E-state index contributed by atoms with van der Waals surface area (Å²) < 4.78 is 10.9. The molecule has 0 heterocycles. The molecule has 4 heteroatoms. The highest BCUT2D eigenvalue weighted by atomic mass is 16.6. The summed E-state index contributed by atoms with van der Waals surface area (Å²) in [5.74, 6) is -0.149. The third-order valence-electron chi connectivity index (χ3n) is 3.21. The van der Waals surface area contributed by atoms with E-state index in [4.69, 9.17) is 9.47 Å². The predicted octanol–water partition coefficient (Wildman–Crippen LogP) is 4.67. The maximum atomic E-state index is 12.1. The van der Waals surface area contributed by atoms with E-state index in [0.29, 0.717) is 11.8 Å². The molecule has 134 valence electrons. The van der Waals surface area contributed by atoms with Crippen molar-refractivity contribution >= 4 is 11.9 Å². The summed E-state index contributed by atoms with van der Waals surface area (Å²) in [6, 6.07) is 0. The molecule has 0 radical (unpaired) electrons. The first-order valence-corrected chi connectivity index (χ1v) is 8.37.